The van der Waals surface area contributed by atoms with E-state index < -0.39 is 53.2 Å². The monoisotopic (exact) mass is 629 g/mol. The Morgan fingerprint density at radius 3 is 1.78 bits per heavy atom. The summed E-state index contributed by atoms with van der Waals surface area (Å²) in [6.45, 7) is 1.74. The molecule has 1 aliphatic carbocycles. The van der Waals surface area contributed by atoms with Gasteiger partial charge < -0.3 is 49.9 Å². The number of nitrogens with one attached hydrogen (secondary N) is 4. The third-order valence-electron chi connectivity index (χ3n) is 7.40. The summed E-state index contributed by atoms with van der Waals surface area (Å²) in [5, 5.41) is 10.9. The lowest BCUT2D eigenvalue weighted by atomic mass is 9.94. The number of nitrogens with two attached hydrogens (primary N) is 5. The predicted molar refractivity (Wildman–Crippen MR) is 170 cm³/mol. The quantitative estimate of drug-likeness (QED) is 0.0480. The van der Waals surface area contributed by atoms with Gasteiger partial charge in [-0.2, -0.15) is 0 Å². The summed E-state index contributed by atoms with van der Waals surface area (Å²) in [5.41, 5.74) is 26.6. The van der Waals surface area contributed by atoms with Crippen LogP contribution in [0.1, 0.15) is 63.9 Å². The molecule has 0 radical (unpaired) electrons. The second-order valence-corrected chi connectivity index (χ2v) is 11.1. The lowest BCUT2D eigenvalue weighted by molar-refractivity contribution is -0.137. The van der Waals surface area contributed by atoms with E-state index in [1.165, 1.54) is 6.92 Å². The van der Waals surface area contributed by atoms with Gasteiger partial charge in [0.25, 0.3) is 0 Å². The second-order valence-electron chi connectivity index (χ2n) is 11.1. The highest BCUT2D eigenvalue weighted by atomic mass is 16.2. The Morgan fingerprint density at radius 2 is 1.29 bits per heavy atom. The van der Waals surface area contributed by atoms with Gasteiger partial charge in [-0.3, -0.25) is 34.0 Å². The SMILES string of the molecule is CC(=O)N[C@@H](CCCN=C(N)N)C(=O)NC1(C(=O)N[C@@H](CCCN=C(N)N)C(=O)N[C@@H](Cc2ccccc2)C(N)=O)CCCC1. The largest absolute Gasteiger partial charge is 0.370 e. The summed E-state index contributed by atoms with van der Waals surface area (Å²) in [6, 6.07) is 5.98. The number of amides is 5. The van der Waals surface area contributed by atoms with Crippen molar-refractivity contribution < 1.29 is 24.0 Å². The van der Waals surface area contributed by atoms with Crippen molar-refractivity contribution in [3.8, 4) is 0 Å². The number of nitrogens with zero attached hydrogens (tertiary/aromatic N) is 2. The lowest BCUT2D eigenvalue weighted by Gasteiger charge is -2.33. The molecule has 16 heteroatoms. The number of benzene rings is 1. The molecule has 5 amide bonds. The molecule has 0 heterocycles. The topological polar surface area (TPSA) is 288 Å². The van der Waals surface area contributed by atoms with E-state index in [0.717, 1.165) is 5.56 Å². The van der Waals surface area contributed by atoms with Gasteiger partial charge in [0.15, 0.2) is 11.9 Å². The summed E-state index contributed by atoms with van der Waals surface area (Å²) >= 11 is 0. The fourth-order valence-electron chi connectivity index (χ4n) is 5.14. The number of carbonyl (C=O) groups is 5. The molecule has 2 rings (SSSR count). The van der Waals surface area contributed by atoms with Crippen LogP contribution in [-0.4, -0.2) is 78.2 Å². The van der Waals surface area contributed by atoms with Crippen molar-refractivity contribution >= 4 is 41.5 Å². The Kier molecular flexibility index (Phi) is 14.6. The van der Waals surface area contributed by atoms with Gasteiger partial charge in [0.05, 0.1) is 0 Å². The minimum absolute atomic E-state index is 0.0868. The molecule has 1 aromatic carbocycles. The zero-order valence-electron chi connectivity index (χ0n) is 25.7. The second kappa shape index (κ2) is 18.0. The van der Waals surface area contributed by atoms with Crippen molar-refractivity contribution in [2.24, 2.45) is 38.7 Å². The number of guanidine groups is 2. The Labute approximate surface area is 262 Å². The molecular weight excluding hydrogens is 582 g/mol. The van der Waals surface area contributed by atoms with Crippen LogP contribution in [-0.2, 0) is 30.4 Å². The van der Waals surface area contributed by atoms with E-state index in [0.29, 0.717) is 38.5 Å². The Morgan fingerprint density at radius 1 is 0.756 bits per heavy atom. The molecule has 1 fully saturated rings. The fraction of sp³-hybridized carbons (Fsp3) is 0.552. The average molecular weight is 630 g/mol. The normalized spacial score (nSPS) is 15.4. The summed E-state index contributed by atoms with van der Waals surface area (Å²) in [7, 11) is 0. The van der Waals surface area contributed by atoms with E-state index in [-0.39, 0.29) is 44.3 Å². The van der Waals surface area contributed by atoms with Gasteiger partial charge in [0.1, 0.15) is 23.7 Å². The molecule has 0 unspecified atom stereocenters. The minimum atomic E-state index is -1.32. The van der Waals surface area contributed by atoms with Crippen molar-refractivity contribution in [3.63, 3.8) is 0 Å². The summed E-state index contributed by atoms with van der Waals surface area (Å²) in [4.78, 5) is 72.7. The van der Waals surface area contributed by atoms with Gasteiger partial charge in [-0.1, -0.05) is 43.2 Å². The van der Waals surface area contributed by atoms with Crippen LogP contribution in [0.4, 0.5) is 0 Å². The Balaban J connectivity index is 2.23. The molecule has 0 bridgehead atoms. The maximum absolute atomic E-state index is 13.9. The van der Waals surface area contributed by atoms with Gasteiger partial charge in [0, 0.05) is 26.4 Å². The molecule has 0 aromatic heterocycles. The van der Waals surface area contributed by atoms with Gasteiger partial charge in [0.2, 0.25) is 29.5 Å². The first-order chi connectivity index (χ1) is 21.3. The van der Waals surface area contributed by atoms with Crippen molar-refractivity contribution in [1.82, 2.24) is 21.3 Å². The molecule has 45 heavy (non-hydrogen) atoms. The maximum atomic E-state index is 13.9. The van der Waals surface area contributed by atoms with Crippen LogP contribution in [0, 0.1) is 0 Å². The van der Waals surface area contributed by atoms with E-state index in [9.17, 15) is 24.0 Å². The van der Waals surface area contributed by atoms with Crippen molar-refractivity contribution in [2.45, 2.75) is 88.4 Å². The number of carbonyl (C=O) groups excluding carboxylic acids is 5. The fourth-order valence-corrected chi connectivity index (χ4v) is 5.14. The molecular formula is C29H47N11O5. The molecule has 0 saturated heterocycles. The number of primary amides is 1. The highest BCUT2D eigenvalue weighted by molar-refractivity contribution is 5.97. The number of hydrogen-bond acceptors (Lipinski definition) is 7. The summed E-state index contributed by atoms with van der Waals surface area (Å²) in [5.74, 6) is -3.08. The van der Waals surface area contributed by atoms with Crippen LogP contribution >= 0.6 is 0 Å². The van der Waals surface area contributed by atoms with Gasteiger partial charge in [-0.05, 0) is 44.1 Å². The molecule has 16 nitrogen and oxygen atoms in total. The van der Waals surface area contributed by atoms with Crippen LogP contribution in [0.2, 0.25) is 0 Å². The first-order valence-electron chi connectivity index (χ1n) is 15.0. The molecule has 14 N–H and O–H groups in total. The first kappa shape index (κ1) is 36.3. The first-order valence-corrected chi connectivity index (χ1v) is 15.0. The summed E-state index contributed by atoms with van der Waals surface area (Å²) < 4.78 is 0. The minimum Gasteiger partial charge on any atom is -0.370 e. The van der Waals surface area contributed by atoms with E-state index in [2.05, 4.69) is 31.3 Å². The molecule has 1 aromatic rings. The average Bonchev–Trinajstić information content (AvgIpc) is 3.45. The zero-order valence-corrected chi connectivity index (χ0v) is 25.7. The van der Waals surface area contributed by atoms with Crippen LogP contribution in [0.3, 0.4) is 0 Å². The van der Waals surface area contributed by atoms with E-state index >= 15 is 0 Å². The Hall–Kier alpha value is -4.89. The highest BCUT2D eigenvalue weighted by Crippen LogP contribution is 2.30. The maximum Gasteiger partial charge on any atom is 0.246 e. The molecule has 248 valence electrons. The van der Waals surface area contributed by atoms with Crippen LogP contribution in [0.15, 0.2) is 40.3 Å². The van der Waals surface area contributed by atoms with E-state index in [1.54, 1.807) is 24.3 Å². The molecule has 3 atom stereocenters. The Bertz CT molecular complexity index is 1220. The lowest BCUT2D eigenvalue weighted by Crippen LogP contribution is -2.63. The molecule has 0 aliphatic heterocycles. The van der Waals surface area contributed by atoms with Crippen LogP contribution in [0.25, 0.3) is 0 Å². The molecule has 0 spiro atoms. The van der Waals surface area contributed by atoms with E-state index in [1.807, 2.05) is 6.07 Å². The number of aliphatic imine (C=N–C) groups is 2. The molecule has 1 aliphatic rings. The predicted octanol–water partition coefficient (Wildman–Crippen LogP) is -2.28. The third-order valence-corrected chi connectivity index (χ3v) is 7.40. The van der Waals surface area contributed by atoms with Gasteiger partial charge in [-0.15, -0.1) is 0 Å². The zero-order chi connectivity index (χ0) is 33.4. The van der Waals surface area contributed by atoms with Gasteiger partial charge in [-0.25, -0.2) is 0 Å². The smallest absolute Gasteiger partial charge is 0.246 e. The van der Waals surface area contributed by atoms with Crippen LogP contribution < -0.4 is 49.9 Å². The third kappa shape index (κ3) is 12.7. The van der Waals surface area contributed by atoms with Crippen molar-refractivity contribution in [3.05, 3.63) is 35.9 Å². The number of hydrogen-bond donors (Lipinski definition) is 9. The summed E-state index contributed by atoms with van der Waals surface area (Å²) in [6.07, 6.45) is 3.21. The number of rotatable bonds is 18. The van der Waals surface area contributed by atoms with Gasteiger partial charge >= 0.3 is 0 Å². The van der Waals surface area contributed by atoms with E-state index in [4.69, 9.17) is 28.7 Å². The standard InChI is InChI=1S/C29H47N11O5/c1-18(41)37-21(12-8-16-36-28(33)34)25(44)40-29(13-5-6-14-29)26(45)39-20(11-7-15-35-27(31)32)24(43)38-22(23(30)42)17-19-9-3-2-4-10-19/h2-4,9-10,20-22H,5-8,11-17H2,1H3,(H2,30,42)(H,37,41)(H,38,43)(H,39,45)(H,40,44)(H4,31,32,35)(H4,33,34,36)/t20-,21-,22-/m0/s1. The highest BCUT2D eigenvalue weighted by Gasteiger charge is 2.44. The van der Waals surface area contributed by atoms with Crippen molar-refractivity contribution in [2.75, 3.05) is 13.1 Å². The van der Waals surface area contributed by atoms with Crippen molar-refractivity contribution in [1.29, 1.82) is 0 Å². The van der Waals surface area contributed by atoms with Crippen LogP contribution in [0.5, 0.6) is 0 Å². The molecule has 1 saturated carbocycles.